The zero-order valence-corrected chi connectivity index (χ0v) is 20.0. The highest BCUT2D eigenvalue weighted by Crippen LogP contribution is 2.27. The van der Waals surface area contributed by atoms with Crippen LogP contribution in [0.15, 0.2) is 54.9 Å². The highest BCUT2D eigenvalue weighted by atomic mass is 32.1. The number of nitrogens with two attached hydrogens (primary N) is 1. The third-order valence-corrected chi connectivity index (χ3v) is 6.09. The number of thiazole rings is 1. The molecule has 3 aromatic heterocycles. The van der Waals surface area contributed by atoms with Gasteiger partial charge in [-0.25, -0.2) is 23.8 Å². The summed E-state index contributed by atoms with van der Waals surface area (Å²) in [6.07, 6.45) is 4.87. The summed E-state index contributed by atoms with van der Waals surface area (Å²) in [7, 11) is 0. The van der Waals surface area contributed by atoms with Gasteiger partial charge in [0.15, 0.2) is 5.13 Å². The Hall–Kier alpha value is -3.79. The summed E-state index contributed by atoms with van der Waals surface area (Å²) in [6, 6.07) is 11.2. The number of anilines is 3. The van der Waals surface area contributed by atoms with Gasteiger partial charge in [-0.05, 0) is 42.7 Å². The first-order valence-corrected chi connectivity index (χ1v) is 11.6. The van der Waals surface area contributed by atoms with Gasteiger partial charge in [0.2, 0.25) is 0 Å². The Bertz CT molecular complexity index is 1310. The Morgan fingerprint density at radius 2 is 1.94 bits per heavy atom. The minimum Gasteiger partial charge on any atom is -0.383 e. The van der Waals surface area contributed by atoms with Crippen molar-refractivity contribution in [2.75, 3.05) is 16.4 Å². The SMILES string of the molecule is CC(C)(C)c1cc(NC(=O)Nc2ncc(CCc3cccnc3N)s2)n(-c2cccc(F)c2)n1. The number of halogens is 1. The van der Waals surface area contributed by atoms with Crippen molar-refractivity contribution in [2.45, 2.75) is 39.0 Å². The summed E-state index contributed by atoms with van der Waals surface area (Å²) < 4.78 is 15.3. The molecule has 4 rings (SSSR count). The normalized spacial score (nSPS) is 11.4. The Labute approximate surface area is 201 Å². The van der Waals surface area contributed by atoms with Gasteiger partial charge in [-0.2, -0.15) is 5.10 Å². The molecule has 4 aromatic rings. The zero-order valence-electron chi connectivity index (χ0n) is 19.2. The van der Waals surface area contributed by atoms with E-state index in [0.717, 1.165) is 29.0 Å². The average molecular weight is 480 g/mol. The van der Waals surface area contributed by atoms with Gasteiger partial charge in [-0.1, -0.05) is 32.9 Å². The highest BCUT2D eigenvalue weighted by Gasteiger charge is 2.22. The van der Waals surface area contributed by atoms with Crippen LogP contribution in [0.4, 0.5) is 26.0 Å². The van der Waals surface area contributed by atoms with Crippen molar-refractivity contribution >= 4 is 34.1 Å². The van der Waals surface area contributed by atoms with E-state index in [-0.39, 0.29) is 11.2 Å². The van der Waals surface area contributed by atoms with E-state index in [2.05, 4.69) is 25.7 Å². The fourth-order valence-corrected chi connectivity index (χ4v) is 4.09. The molecule has 0 bridgehead atoms. The van der Waals surface area contributed by atoms with Gasteiger partial charge in [0.1, 0.15) is 17.5 Å². The van der Waals surface area contributed by atoms with E-state index in [0.29, 0.717) is 22.5 Å². The van der Waals surface area contributed by atoms with Gasteiger partial charge < -0.3 is 5.73 Å². The van der Waals surface area contributed by atoms with Crippen molar-refractivity contribution in [3.05, 3.63) is 76.8 Å². The first-order valence-electron chi connectivity index (χ1n) is 10.8. The molecule has 0 fully saturated rings. The number of aryl methyl sites for hydroxylation is 2. The number of aromatic nitrogens is 4. The van der Waals surface area contributed by atoms with Crippen LogP contribution >= 0.6 is 11.3 Å². The lowest BCUT2D eigenvalue weighted by molar-refractivity contribution is 0.262. The lowest BCUT2D eigenvalue weighted by Crippen LogP contribution is -2.21. The van der Waals surface area contributed by atoms with Gasteiger partial charge in [0, 0.05) is 28.8 Å². The number of hydrogen-bond donors (Lipinski definition) is 3. The van der Waals surface area contributed by atoms with Gasteiger partial charge >= 0.3 is 6.03 Å². The van der Waals surface area contributed by atoms with Crippen molar-refractivity contribution in [3.63, 3.8) is 0 Å². The summed E-state index contributed by atoms with van der Waals surface area (Å²) in [5.41, 5.74) is 7.90. The monoisotopic (exact) mass is 479 g/mol. The highest BCUT2D eigenvalue weighted by molar-refractivity contribution is 7.15. The van der Waals surface area contributed by atoms with E-state index in [1.54, 1.807) is 30.6 Å². The summed E-state index contributed by atoms with van der Waals surface area (Å²) in [5.74, 6) is 0.565. The van der Waals surface area contributed by atoms with Crippen LogP contribution in [-0.2, 0) is 18.3 Å². The quantitative estimate of drug-likeness (QED) is 0.353. The minimum atomic E-state index is -0.463. The molecule has 1 aromatic carbocycles. The second-order valence-corrected chi connectivity index (χ2v) is 9.93. The minimum absolute atomic E-state index is 0.257. The van der Waals surface area contributed by atoms with Gasteiger partial charge in [-0.15, -0.1) is 11.3 Å². The molecule has 0 unspecified atom stereocenters. The van der Waals surface area contributed by atoms with Crippen LogP contribution in [0.2, 0.25) is 0 Å². The maximum absolute atomic E-state index is 13.8. The van der Waals surface area contributed by atoms with E-state index < -0.39 is 6.03 Å². The number of urea groups is 1. The van der Waals surface area contributed by atoms with Crippen molar-refractivity contribution in [2.24, 2.45) is 0 Å². The van der Waals surface area contributed by atoms with Gasteiger partial charge in [-0.3, -0.25) is 10.6 Å². The number of carbonyl (C=O) groups excluding carboxylic acids is 1. The number of nitrogens with one attached hydrogen (secondary N) is 2. The molecule has 0 atom stereocenters. The van der Waals surface area contributed by atoms with Crippen LogP contribution < -0.4 is 16.4 Å². The molecule has 10 heteroatoms. The van der Waals surface area contributed by atoms with Gasteiger partial charge in [0.25, 0.3) is 0 Å². The summed E-state index contributed by atoms with van der Waals surface area (Å²) >= 11 is 1.39. The zero-order chi connectivity index (χ0) is 24.3. The fourth-order valence-electron chi connectivity index (χ4n) is 3.29. The average Bonchev–Trinajstić information content (AvgIpc) is 3.40. The van der Waals surface area contributed by atoms with Crippen LogP contribution in [0.25, 0.3) is 5.69 Å². The molecule has 3 heterocycles. The predicted molar refractivity (Wildman–Crippen MR) is 133 cm³/mol. The summed E-state index contributed by atoms with van der Waals surface area (Å²) in [6.45, 7) is 6.06. The summed E-state index contributed by atoms with van der Waals surface area (Å²) in [5, 5.41) is 10.6. The number of nitrogens with zero attached hydrogens (tertiary/aromatic N) is 4. The maximum Gasteiger partial charge on any atom is 0.326 e. The fraction of sp³-hybridized carbons (Fsp3) is 0.250. The van der Waals surface area contributed by atoms with Crippen LogP contribution in [-0.4, -0.2) is 25.8 Å². The van der Waals surface area contributed by atoms with E-state index in [1.165, 1.54) is 28.2 Å². The predicted octanol–water partition coefficient (Wildman–Crippen LogP) is 5.17. The first kappa shape index (κ1) is 23.4. The number of nitrogen functional groups attached to an aromatic ring is 1. The molecule has 0 saturated carbocycles. The third-order valence-electron chi connectivity index (χ3n) is 5.11. The first-order chi connectivity index (χ1) is 16.2. The molecule has 0 aliphatic rings. The van der Waals surface area contributed by atoms with E-state index in [9.17, 15) is 9.18 Å². The lowest BCUT2D eigenvalue weighted by atomic mass is 9.92. The van der Waals surface area contributed by atoms with Crippen LogP contribution in [0.5, 0.6) is 0 Å². The number of pyridine rings is 1. The summed E-state index contributed by atoms with van der Waals surface area (Å²) in [4.78, 5) is 22.1. The molecule has 34 heavy (non-hydrogen) atoms. The number of benzene rings is 1. The molecule has 4 N–H and O–H groups in total. The third kappa shape index (κ3) is 5.57. The topological polar surface area (TPSA) is 111 Å². The lowest BCUT2D eigenvalue weighted by Gasteiger charge is -2.14. The second kappa shape index (κ2) is 9.60. The maximum atomic E-state index is 13.8. The Morgan fingerprint density at radius 3 is 2.68 bits per heavy atom. The van der Waals surface area contributed by atoms with Crippen molar-refractivity contribution < 1.29 is 9.18 Å². The number of hydrogen-bond acceptors (Lipinski definition) is 6. The van der Waals surface area contributed by atoms with Crippen molar-refractivity contribution in [1.82, 2.24) is 19.7 Å². The van der Waals surface area contributed by atoms with Crippen LogP contribution in [0.3, 0.4) is 0 Å². The van der Waals surface area contributed by atoms with E-state index in [1.807, 2.05) is 32.9 Å². The Morgan fingerprint density at radius 1 is 1.12 bits per heavy atom. The number of rotatable bonds is 6. The second-order valence-electron chi connectivity index (χ2n) is 8.82. The molecule has 0 spiro atoms. The van der Waals surface area contributed by atoms with E-state index in [4.69, 9.17) is 5.73 Å². The Kier molecular flexibility index (Phi) is 6.60. The molecule has 0 saturated heterocycles. The molecular formula is C24H26FN7OS. The standard InChI is InChI=1S/C24H26FN7OS/c1-24(2,3)19-13-20(32(31-19)17-8-4-7-16(25)12-17)29-22(33)30-23-28-14-18(34-23)10-9-15-6-5-11-27-21(15)26/h4-8,11-14H,9-10H2,1-3H3,(H2,26,27)(H2,28,29,30,33). The Balaban J connectivity index is 1.46. The van der Waals surface area contributed by atoms with Crippen LogP contribution in [0, 0.1) is 5.82 Å². The van der Waals surface area contributed by atoms with Gasteiger partial charge in [0.05, 0.1) is 11.4 Å². The molecule has 2 amide bonds. The molecule has 8 nitrogen and oxygen atoms in total. The largest absolute Gasteiger partial charge is 0.383 e. The molecule has 176 valence electrons. The number of carbonyl (C=O) groups is 1. The van der Waals surface area contributed by atoms with Crippen molar-refractivity contribution in [3.8, 4) is 5.69 Å². The molecule has 0 radical (unpaired) electrons. The molecule has 0 aliphatic heterocycles. The van der Waals surface area contributed by atoms with E-state index >= 15 is 0 Å². The molecular weight excluding hydrogens is 453 g/mol. The molecule has 0 aliphatic carbocycles. The number of amides is 2. The van der Waals surface area contributed by atoms with Crippen molar-refractivity contribution in [1.29, 1.82) is 0 Å². The van der Waals surface area contributed by atoms with Crippen LogP contribution in [0.1, 0.15) is 36.9 Å². The smallest absolute Gasteiger partial charge is 0.326 e.